The van der Waals surface area contributed by atoms with Crippen LogP contribution in [0.5, 0.6) is 0 Å². The average molecular weight is 296 g/mol. The van der Waals surface area contributed by atoms with Gasteiger partial charge in [0.05, 0.1) is 10.8 Å². The van der Waals surface area contributed by atoms with Gasteiger partial charge in [0, 0.05) is 16.1 Å². The van der Waals surface area contributed by atoms with E-state index in [4.69, 9.17) is 11.6 Å². The van der Waals surface area contributed by atoms with Gasteiger partial charge in [0.1, 0.15) is 0 Å². The number of hydrogen-bond donors (Lipinski definition) is 0. The predicted molar refractivity (Wildman–Crippen MR) is 55.8 cm³/mol. The molecule has 0 aliphatic rings. The molecule has 0 N–H and O–H groups in total. The van der Waals surface area contributed by atoms with Gasteiger partial charge in [0.25, 0.3) is 0 Å². The zero-order chi connectivity index (χ0) is 11.6. The van der Waals surface area contributed by atoms with Crippen molar-refractivity contribution in [1.82, 2.24) is 0 Å². The Bertz CT molecular complexity index is 438. The van der Waals surface area contributed by atoms with Crippen molar-refractivity contribution >= 4 is 39.0 Å². The van der Waals surface area contributed by atoms with E-state index in [1.807, 2.05) is 0 Å². The molecule has 0 atom stereocenters. The van der Waals surface area contributed by atoms with E-state index < -0.39 is 22.2 Å². The second-order valence-corrected chi connectivity index (χ2v) is 3.72. The van der Waals surface area contributed by atoms with Gasteiger partial charge in [-0.25, -0.2) is 0 Å². The number of rotatable bonds is 3. The number of benzene rings is 1. The van der Waals surface area contributed by atoms with Gasteiger partial charge in [-0.05, 0) is 22.0 Å². The Morgan fingerprint density at radius 1 is 1.60 bits per heavy atom. The van der Waals surface area contributed by atoms with Crippen LogP contribution < -0.4 is 0 Å². The number of nitro groups is 1. The molecule has 4 nitrogen and oxygen atoms in total. The number of nitrogens with zero attached hydrogens (tertiary/aromatic N) is 1. The van der Waals surface area contributed by atoms with E-state index in [-0.39, 0.29) is 15.9 Å². The molecule has 0 radical (unpaired) electrons. The van der Waals surface area contributed by atoms with Crippen LogP contribution in [0.3, 0.4) is 0 Å². The lowest BCUT2D eigenvalue weighted by Crippen LogP contribution is -2.04. The van der Waals surface area contributed by atoms with Gasteiger partial charge in [-0.15, -0.1) is 11.6 Å². The van der Waals surface area contributed by atoms with Crippen LogP contribution in [0.4, 0.5) is 10.1 Å². The van der Waals surface area contributed by atoms with Crippen molar-refractivity contribution in [2.45, 2.75) is 0 Å². The number of ketones is 1. The summed E-state index contributed by atoms with van der Waals surface area (Å²) in [5.74, 6) is -1.87. The van der Waals surface area contributed by atoms with Crippen molar-refractivity contribution in [3.05, 3.63) is 38.1 Å². The first kappa shape index (κ1) is 12.1. The zero-order valence-corrected chi connectivity index (χ0v) is 9.51. The Labute approximate surface area is 97.3 Å². The largest absolute Gasteiger partial charge is 0.305 e. The summed E-state index contributed by atoms with van der Waals surface area (Å²) < 4.78 is 13.3. The molecule has 0 bridgehead atoms. The minimum absolute atomic E-state index is 0.00639. The summed E-state index contributed by atoms with van der Waals surface area (Å²) in [6, 6.07) is 1.74. The van der Waals surface area contributed by atoms with Crippen LogP contribution in [-0.2, 0) is 0 Å². The highest BCUT2D eigenvalue weighted by atomic mass is 79.9. The summed E-state index contributed by atoms with van der Waals surface area (Å²) in [6.07, 6.45) is 0. The molecular weight excluding hydrogens is 292 g/mol. The molecule has 1 aromatic carbocycles. The lowest BCUT2D eigenvalue weighted by atomic mass is 10.1. The maximum atomic E-state index is 13.1. The zero-order valence-electron chi connectivity index (χ0n) is 7.17. The third-order valence-corrected chi connectivity index (χ3v) is 2.55. The highest BCUT2D eigenvalue weighted by Gasteiger charge is 2.19. The first-order chi connectivity index (χ1) is 6.97. The number of nitro benzene ring substituents is 1. The van der Waals surface area contributed by atoms with Crippen LogP contribution in [0.2, 0.25) is 0 Å². The second kappa shape index (κ2) is 4.67. The van der Waals surface area contributed by atoms with Crippen LogP contribution in [0.15, 0.2) is 16.6 Å². The summed E-state index contributed by atoms with van der Waals surface area (Å²) >= 11 is 8.23. The van der Waals surface area contributed by atoms with Crippen molar-refractivity contribution in [2.75, 3.05) is 5.88 Å². The Hall–Kier alpha value is -1.01. The van der Waals surface area contributed by atoms with Gasteiger partial charge in [0.2, 0.25) is 5.82 Å². The number of carbonyl (C=O) groups excluding carboxylic acids is 1. The molecule has 0 spiro atoms. The predicted octanol–water partition coefficient (Wildman–Crippen LogP) is 2.92. The van der Waals surface area contributed by atoms with Gasteiger partial charge in [-0.3, -0.25) is 14.9 Å². The summed E-state index contributed by atoms with van der Waals surface area (Å²) in [4.78, 5) is 20.7. The normalized spacial score (nSPS) is 10.1. The third-order valence-electron chi connectivity index (χ3n) is 1.65. The van der Waals surface area contributed by atoms with E-state index in [2.05, 4.69) is 15.9 Å². The molecule has 15 heavy (non-hydrogen) atoms. The Balaban J connectivity index is 3.31. The van der Waals surface area contributed by atoms with Crippen LogP contribution in [-0.4, -0.2) is 16.6 Å². The Kier molecular flexibility index (Phi) is 3.76. The van der Waals surface area contributed by atoms with E-state index in [9.17, 15) is 19.3 Å². The smallest absolute Gasteiger partial charge is 0.293 e. The molecule has 0 fully saturated rings. The number of hydrogen-bond acceptors (Lipinski definition) is 3. The minimum atomic E-state index is -1.06. The van der Waals surface area contributed by atoms with E-state index >= 15 is 0 Å². The fraction of sp³-hybridized carbons (Fsp3) is 0.125. The fourth-order valence-corrected chi connectivity index (χ4v) is 1.66. The lowest BCUT2D eigenvalue weighted by molar-refractivity contribution is -0.387. The quantitative estimate of drug-likeness (QED) is 0.373. The standard InChI is InChI=1S/C8H4BrClFNO3/c9-5-2-7(12(14)15)6(11)1-4(5)8(13)3-10/h1-2H,3H2. The first-order valence-corrected chi connectivity index (χ1v) is 5.02. The molecule has 0 aliphatic carbocycles. The SMILES string of the molecule is O=C(CCl)c1cc(F)c([N+](=O)[O-])cc1Br. The number of alkyl halides is 1. The van der Waals surface area contributed by atoms with Crippen molar-refractivity contribution in [2.24, 2.45) is 0 Å². The van der Waals surface area contributed by atoms with Gasteiger partial charge >= 0.3 is 5.69 Å². The minimum Gasteiger partial charge on any atom is -0.293 e. The number of halogens is 3. The van der Waals surface area contributed by atoms with Gasteiger partial charge in [0.15, 0.2) is 5.78 Å². The third kappa shape index (κ3) is 2.51. The fourth-order valence-electron chi connectivity index (χ4n) is 0.962. The van der Waals surface area contributed by atoms with Gasteiger partial charge in [-0.1, -0.05) is 0 Å². The molecule has 1 rings (SSSR count). The van der Waals surface area contributed by atoms with Crippen LogP contribution in [0.25, 0.3) is 0 Å². The molecule has 0 aromatic heterocycles. The second-order valence-electron chi connectivity index (χ2n) is 2.60. The molecule has 0 amide bonds. The molecule has 0 unspecified atom stereocenters. The molecular formula is C8H4BrClFNO3. The molecule has 7 heteroatoms. The molecule has 0 saturated carbocycles. The molecule has 0 heterocycles. The van der Waals surface area contributed by atoms with Crippen molar-refractivity contribution < 1.29 is 14.1 Å². The Morgan fingerprint density at radius 3 is 2.67 bits per heavy atom. The maximum absolute atomic E-state index is 13.1. The summed E-state index contributed by atoms with van der Waals surface area (Å²) in [5, 5.41) is 10.4. The van der Waals surface area contributed by atoms with Crippen LogP contribution >= 0.6 is 27.5 Å². The maximum Gasteiger partial charge on any atom is 0.305 e. The molecule has 0 aliphatic heterocycles. The lowest BCUT2D eigenvalue weighted by Gasteiger charge is -2.01. The van der Waals surface area contributed by atoms with E-state index in [1.165, 1.54) is 0 Å². The summed E-state index contributed by atoms with van der Waals surface area (Å²) in [7, 11) is 0. The van der Waals surface area contributed by atoms with E-state index in [0.29, 0.717) is 0 Å². The van der Waals surface area contributed by atoms with Crippen molar-refractivity contribution in [3.63, 3.8) is 0 Å². The summed E-state index contributed by atoms with van der Waals surface area (Å²) in [6.45, 7) is 0. The van der Waals surface area contributed by atoms with E-state index in [0.717, 1.165) is 12.1 Å². The highest BCUT2D eigenvalue weighted by molar-refractivity contribution is 9.10. The number of carbonyl (C=O) groups is 1. The Morgan fingerprint density at radius 2 is 2.20 bits per heavy atom. The van der Waals surface area contributed by atoms with Crippen LogP contribution in [0.1, 0.15) is 10.4 Å². The highest BCUT2D eigenvalue weighted by Crippen LogP contribution is 2.26. The summed E-state index contributed by atoms with van der Waals surface area (Å²) in [5.41, 5.74) is -0.693. The molecule has 1 aromatic rings. The average Bonchev–Trinajstić information content (AvgIpc) is 2.19. The van der Waals surface area contributed by atoms with Gasteiger partial charge in [-0.2, -0.15) is 4.39 Å². The number of Topliss-reactive ketones (excluding diaryl/α,β-unsaturated/α-hetero) is 1. The monoisotopic (exact) mass is 295 g/mol. The van der Waals surface area contributed by atoms with Gasteiger partial charge < -0.3 is 0 Å². The van der Waals surface area contributed by atoms with Crippen molar-refractivity contribution in [1.29, 1.82) is 0 Å². The molecule has 0 saturated heterocycles. The van der Waals surface area contributed by atoms with Crippen molar-refractivity contribution in [3.8, 4) is 0 Å². The first-order valence-electron chi connectivity index (χ1n) is 3.70. The van der Waals surface area contributed by atoms with Crippen LogP contribution in [0, 0.1) is 15.9 Å². The van der Waals surface area contributed by atoms with E-state index in [1.54, 1.807) is 0 Å². The molecule has 80 valence electrons. The topological polar surface area (TPSA) is 60.2 Å².